The van der Waals surface area contributed by atoms with Crippen LogP contribution in [0.1, 0.15) is 37.3 Å². The number of amides is 2. The van der Waals surface area contributed by atoms with Crippen LogP contribution in [-0.4, -0.2) is 53.6 Å². The molecule has 1 unspecified atom stereocenters. The molecule has 0 heterocycles. The van der Waals surface area contributed by atoms with Crippen LogP contribution >= 0.6 is 0 Å². The number of hydrogen-bond acceptors (Lipinski definition) is 3. The number of rotatable bonds is 9. The Morgan fingerprint density at radius 1 is 1.19 bits per heavy atom. The van der Waals surface area contributed by atoms with E-state index in [1.807, 2.05) is 4.90 Å². The topological polar surface area (TPSA) is 81.7 Å². The Morgan fingerprint density at radius 3 is 2.41 bits per heavy atom. The summed E-state index contributed by atoms with van der Waals surface area (Å²) in [5.74, 6) is -0.273. The van der Waals surface area contributed by atoms with Gasteiger partial charge in [-0.15, -0.1) is 0 Å². The summed E-state index contributed by atoms with van der Waals surface area (Å²) in [6.45, 7) is 0.777. The number of carbonyl (C=O) groups excluding carboxylic acids is 1. The molecule has 2 fully saturated rings. The lowest BCUT2D eigenvalue weighted by molar-refractivity contribution is -0.139. The van der Waals surface area contributed by atoms with E-state index < -0.39 is 24.5 Å². The molecule has 6 nitrogen and oxygen atoms in total. The zero-order valence-electron chi connectivity index (χ0n) is 15.0. The van der Waals surface area contributed by atoms with Crippen molar-refractivity contribution in [2.45, 2.75) is 50.2 Å². The van der Waals surface area contributed by atoms with Gasteiger partial charge in [-0.1, -0.05) is 30.3 Å². The van der Waals surface area contributed by atoms with Crippen molar-refractivity contribution in [1.29, 1.82) is 0 Å². The number of urea groups is 1. The lowest BCUT2D eigenvalue weighted by Crippen LogP contribution is -2.57. The summed E-state index contributed by atoms with van der Waals surface area (Å²) >= 11 is 0. The van der Waals surface area contributed by atoms with E-state index in [0.29, 0.717) is 24.3 Å². The quantitative estimate of drug-likeness (QED) is 0.614. The molecule has 2 saturated carbocycles. The van der Waals surface area contributed by atoms with Crippen LogP contribution in [0.25, 0.3) is 0 Å². The highest BCUT2D eigenvalue weighted by Crippen LogP contribution is 2.33. The molecule has 0 saturated heterocycles. The molecule has 1 aromatic carbocycles. The average molecular weight is 381 g/mol. The van der Waals surface area contributed by atoms with Gasteiger partial charge in [0.1, 0.15) is 6.04 Å². The Labute approximate surface area is 156 Å². The Morgan fingerprint density at radius 2 is 1.85 bits per heavy atom. The number of carboxylic acids is 1. The van der Waals surface area contributed by atoms with Crippen molar-refractivity contribution in [2.24, 2.45) is 5.92 Å². The third-order valence-corrected chi connectivity index (χ3v) is 5.19. The number of carboxylic acid groups (broad SMARTS) is 1. The van der Waals surface area contributed by atoms with Crippen LogP contribution in [0.4, 0.5) is 13.6 Å². The largest absolute Gasteiger partial charge is 0.480 e. The van der Waals surface area contributed by atoms with Gasteiger partial charge in [0.25, 0.3) is 6.43 Å². The van der Waals surface area contributed by atoms with E-state index in [1.165, 1.54) is 0 Å². The summed E-state index contributed by atoms with van der Waals surface area (Å²) in [5, 5.41) is 14.1. The first kappa shape index (κ1) is 19.5. The predicted octanol–water partition coefficient (Wildman–Crippen LogP) is 2.62. The summed E-state index contributed by atoms with van der Waals surface area (Å²) in [4.78, 5) is 25.1. The Kier molecular flexibility index (Phi) is 6.26. The molecular formula is C19H25F2N3O3. The van der Waals surface area contributed by atoms with Crippen LogP contribution < -0.4 is 10.6 Å². The highest BCUT2D eigenvalue weighted by atomic mass is 19.3. The van der Waals surface area contributed by atoms with Crippen molar-refractivity contribution in [1.82, 2.24) is 15.5 Å². The molecule has 0 spiro atoms. The molecule has 0 aromatic heterocycles. The highest BCUT2D eigenvalue weighted by molar-refractivity contribution is 5.75. The summed E-state index contributed by atoms with van der Waals surface area (Å²) in [5.41, 5.74) is 0.353. The van der Waals surface area contributed by atoms with E-state index in [4.69, 9.17) is 5.11 Å². The molecule has 1 aromatic rings. The molecule has 1 atom stereocenters. The molecule has 27 heavy (non-hydrogen) atoms. The first-order valence-corrected chi connectivity index (χ1v) is 9.28. The van der Waals surface area contributed by atoms with Crippen LogP contribution in [0.2, 0.25) is 0 Å². The molecule has 8 heteroatoms. The molecule has 0 bridgehead atoms. The zero-order chi connectivity index (χ0) is 19.4. The predicted molar refractivity (Wildman–Crippen MR) is 95.6 cm³/mol. The van der Waals surface area contributed by atoms with E-state index in [2.05, 4.69) is 10.6 Å². The fourth-order valence-corrected chi connectivity index (χ4v) is 3.47. The highest BCUT2D eigenvalue weighted by Gasteiger charge is 2.38. The molecule has 3 rings (SSSR count). The van der Waals surface area contributed by atoms with E-state index in [-0.39, 0.29) is 18.6 Å². The number of hydrogen-bond donors (Lipinski definition) is 3. The molecule has 2 aliphatic rings. The molecule has 0 aliphatic heterocycles. The third kappa shape index (κ3) is 5.63. The first-order valence-electron chi connectivity index (χ1n) is 9.28. The van der Waals surface area contributed by atoms with Gasteiger partial charge in [-0.3, -0.25) is 9.69 Å². The number of benzene rings is 1. The fourth-order valence-electron chi connectivity index (χ4n) is 3.47. The molecule has 0 radical (unpaired) electrons. The number of nitrogens with one attached hydrogen (secondary N) is 2. The number of alkyl halides is 2. The molecule has 148 valence electrons. The average Bonchev–Trinajstić information content (AvgIpc) is 3.39. The van der Waals surface area contributed by atoms with Crippen molar-refractivity contribution in [2.75, 3.05) is 13.1 Å². The molecular weight excluding hydrogens is 356 g/mol. The SMILES string of the molecule is O=C(O)CN(CC1CC1)C1CC(NC(=O)NC(c2ccccc2)C(F)F)C1. The van der Waals surface area contributed by atoms with Crippen molar-refractivity contribution < 1.29 is 23.5 Å². The van der Waals surface area contributed by atoms with Crippen molar-refractivity contribution in [3.05, 3.63) is 35.9 Å². The second kappa shape index (κ2) is 8.65. The van der Waals surface area contributed by atoms with Gasteiger partial charge in [0.05, 0.1) is 6.54 Å². The van der Waals surface area contributed by atoms with Gasteiger partial charge in [-0.05, 0) is 37.2 Å². The Hall–Kier alpha value is -2.22. The fraction of sp³-hybridized carbons (Fsp3) is 0.579. The summed E-state index contributed by atoms with van der Waals surface area (Å²) in [6, 6.07) is 6.14. The number of nitrogens with zero attached hydrogens (tertiary/aromatic N) is 1. The molecule has 2 amide bonds. The minimum absolute atomic E-state index is 0.00153. The molecule has 3 N–H and O–H groups in total. The standard InChI is InChI=1S/C19H25F2N3O3/c20-18(21)17(13-4-2-1-3-5-13)23-19(27)22-14-8-15(9-14)24(11-16(25)26)10-12-6-7-12/h1-5,12,14-15,17-18H,6-11H2,(H,25,26)(H2,22,23,27). The summed E-state index contributed by atoms with van der Waals surface area (Å²) in [7, 11) is 0. The monoisotopic (exact) mass is 381 g/mol. The maximum Gasteiger partial charge on any atom is 0.317 e. The van der Waals surface area contributed by atoms with Gasteiger partial charge < -0.3 is 15.7 Å². The Balaban J connectivity index is 1.47. The van der Waals surface area contributed by atoms with Gasteiger partial charge in [-0.2, -0.15) is 0 Å². The lowest BCUT2D eigenvalue weighted by Gasteiger charge is -2.42. The number of aliphatic carboxylic acids is 1. The van der Waals surface area contributed by atoms with E-state index in [9.17, 15) is 18.4 Å². The van der Waals surface area contributed by atoms with Crippen LogP contribution in [0, 0.1) is 5.92 Å². The minimum Gasteiger partial charge on any atom is -0.480 e. The second-order valence-electron chi connectivity index (χ2n) is 7.43. The minimum atomic E-state index is -2.71. The van der Waals surface area contributed by atoms with Gasteiger partial charge >= 0.3 is 12.0 Å². The van der Waals surface area contributed by atoms with E-state index in [0.717, 1.165) is 19.4 Å². The number of carbonyl (C=O) groups is 2. The second-order valence-corrected chi connectivity index (χ2v) is 7.43. The van der Waals surface area contributed by atoms with Gasteiger partial charge in [0.15, 0.2) is 0 Å². The zero-order valence-corrected chi connectivity index (χ0v) is 15.0. The van der Waals surface area contributed by atoms with Crippen LogP contribution in [0.15, 0.2) is 30.3 Å². The van der Waals surface area contributed by atoms with Gasteiger partial charge in [-0.25, -0.2) is 13.6 Å². The van der Waals surface area contributed by atoms with Crippen LogP contribution in [0.5, 0.6) is 0 Å². The van der Waals surface area contributed by atoms with E-state index in [1.54, 1.807) is 30.3 Å². The summed E-state index contributed by atoms with van der Waals surface area (Å²) in [6.07, 6.45) is 0.843. The van der Waals surface area contributed by atoms with Crippen LogP contribution in [-0.2, 0) is 4.79 Å². The van der Waals surface area contributed by atoms with Gasteiger partial charge in [0.2, 0.25) is 0 Å². The maximum atomic E-state index is 13.3. The van der Waals surface area contributed by atoms with Crippen molar-refractivity contribution in [3.63, 3.8) is 0 Å². The van der Waals surface area contributed by atoms with Crippen molar-refractivity contribution >= 4 is 12.0 Å². The smallest absolute Gasteiger partial charge is 0.317 e. The third-order valence-electron chi connectivity index (χ3n) is 5.19. The first-order chi connectivity index (χ1) is 12.9. The normalized spacial score (nSPS) is 23.0. The maximum absolute atomic E-state index is 13.3. The van der Waals surface area contributed by atoms with E-state index >= 15 is 0 Å². The molecule has 2 aliphatic carbocycles. The summed E-state index contributed by atoms with van der Waals surface area (Å²) < 4.78 is 26.6. The Bertz CT molecular complexity index is 649. The van der Waals surface area contributed by atoms with Gasteiger partial charge in [0, 0.05) is 18.6 Å². The lowest BCUT2D eigenvalue weighted by atomic mass is 9.85. The van der Waals surface area contributed by atoms with Crippen molar-refractivity contribution in [3.8, 4) is 0 Å². The number of halogens is 2. The van der Waals surface area contributed by atoms with Crippen LogP contribution in [0.3, 0.4) is 0 Å².